The maximum Gasteiger partial charge on any atom is 0.229 e. The number of nitrogens with zero attached hydrogens (tertiary/aromatic N) is 2. The van der Waals surface area contributed by atoms with Crippen LogP contribution in [0.4, 0.5) is 0 Å². The standard InChI is InChI=1S/C14H16ClN3O2.ClH/c15-11-3-1-10(2-4-11)7-13-17-14(20-18-13)8-12-9-16-5-6-19-12;/h1-4,12,16H,5-9H2;1H. The van der Waals surface area contributed by atoms with E-state index in [9.17, 15) is 0 Å². The first kappa shape index (κ1) is 16.2. The van der Waals surface area contributed by atoms with E-state index in [-0.39, 0.29) is 18.5 Å². The summed E-state index contributed by atoms with van der Waals surface area (Å²) < 4.78 is 10.9. The van der Waals surface area contributed by atoms with Crippen molar-refractivity contribution in [2.24, 2.45) is 0 Å². The van der Waals surface area contributed by atoms with Gasteiger partial charge in [-0.15, -0.1) is 12.4 Å². The molecule has 1 saturated heterocycles. The summed E-state index contributed by atoms with van der Waals surface area (Å²) in [5.74, 6) is 1.31. The Morgan fingerprint density at radius 2 is 2.10 bits per heavy atom. The lowest BCUT2D eigenvalue weighted by Crippen LogP contribution is -2.39. The molecule has 1 aliphatic rings. The molecule has 1 fully saturated rings. The third-order valence-corrected chi connectivity index (χ3v) is 3.44. The molecule has 1 aromatic heterocycles. The Hall–Kier alpha value is -1.14. The quantitative estimate of drug-likeness (QED) is 0.932. The predicted molar refractivity (Wildman–Crippen MR) is 82.1 cm³/mol. The van der Waals surface area contributed by atoms with Crippen molar-refractivity contribution in [2.45, 2.75) is 18.9 Å². The fourth-order valence-corrected chi connectivity index (χ4v) is 2.30. The van der Waals surface area contributed by atoms with Crippen molar-refractivity contribution in [3.8, 4) is 0 Å². The molecule has 3 rings (SSSR count). The summed E-state index contributed by atoms with van der Waals surface area (Å²) in [6.45, 7) is 2.47. The molecule has 0 radical (unpaired) electrons. The largest absolute Gasteiger partial charge is 0.375 e. The molecule has 114 valence electrons. The van der Waals surface area contributed by atoms with Gasteiger partial charge in [-0.1, -0.05) is 28.9 Å². The van der Waals surface area contributed by atoms with E-state index in [2.05, 4.69) is 15.5 Å². The molecule has 0 saturated carbocycles. The van der Waals surface area contributed by atoms with E-state index >= 15 is 0 Å². The molecule has 0 aliphatic carbocycles. The van der Waals surface area contributed by atoms with E-state index in [4.69, 9.17) is 20.9 Å². The van der Waals surface area contributed by atoms with Crippen LogP contribution in [-0.4, -0.2) is 35.9 Å². The zero-order valence-electron chi connectivity index (χ0n) is 11.4. The average Bonchev–Trinajstić information content (AvgIpc) is 2.90. The van der Waals surface area contributed by atoms with E-state index in [1.54, 1.807) is 0 Å². The molecule has 0 bridgehead atoms. The van der Waals surface area contributed by atoms with Crippen LogP contribution >= 0.6 is 24.0 Å². The molecular formula is C14H17Cl2N3O2. The van der Waals surface area contributed by atoms with Crippen LogP contribution in [-0.2, 0) is 17.6 Å². The number of aromatic nitrogens is 2. The summed E-state index contributed by atoms with van der Waals surface area (Å²) in [6.07, 6.45) is 1.41. The van der Waals surface area contributed by atoms with Crippen LogP contribution in [0.25, 0.3) is 0 Å². The topological polar surface area (TPSA) is 60.2 Å². The van der Waals surface area contributed by atoms with E-state index in [0.717, 1.165) is 30.3 Å². The molecule has 1 aliphatic heterocycles. The van der Waals surface area contributed by atoms with Gasteiger partial charge in [0, 0.05) is 24.5 Å². The second-order valence-electron chi connectivity index (χ2n) is 4.81. The molecule has 21 heavy (non-hydrogen) atoms. The smallest absolute Gasteiger partial charge is 0.229 e. The van der Waals surface area contributed by atoms with Gasteiger partial charge < -0.3 is 14.6 Å². The van der Waals surface area contributed by atoms with Gasteiger partial charge in [0.05, 0.1) is 19.1 Å². The summed E-state index contributed by atoms with van der Waals surface area (Å²) in [5, 5.41) is 8.01. The van der Waals surface area contributed by atoms with Gasteiger partial charge in [-0.2, -0.15) is 4.98 Å². The fourth-order valence-electron chi connectivity index (χ4n) is 2.18. The highest BCUT2D eigenvalue weighted by Gasteiger charge is 2.17. The Morgan fingerprint density at radius 1 is 1.29 bits per heavy atom. The Morgan fingerprint density at radius 3 is 2.81 bits per heavy atom. The van der Waals surface area contributed by atoms with Crippen molar-refractivity contribution in [1.82, 2.24) is 15.5 Å². The minimum atomic E-state index is 0. The zero-order valence-corrected chi connectivity index (χ0v) is 13.0. The number of rotatable bonds is 4. The van der Waals surface area contributed by atoms with Gasteiger partial charge in [-0.3, -0.25) is 0 Å². The van der Waals surface area contributed by atoms with Gasteiger partial charge in [0.25, 0.3) is 0 Å². The highest BCUT2D eigenvalue weighted by atomic mass is 35.5. The van der Waals surface area contributed by atoms with Crippen molar-refractivity contribution < 1.29 is 9.26 Å². The monoisotopic (exact) mass is 329 g/mol. The van der Waals surface area contributed by atoms with Gasteiger partial charge >= 0.3 is 0 Å². The molecule has 2 heterocycles. The first-order valence-corrected chi connectivity index (χ1v) is 7.05. The number of morpholine rings is 1. The molecule has 1 unspecified atom stereocenters. The van der Waals surface area contributed by atoms with Crippen LogP contribution in [0.5, 0.6) is 0 Å². The number of hydrogen-bond donors (Lipinski definition) is 1. The molecule has 1 aromatic carbocycles. The van der Waals surface area contributed by atoms with Gasteiger partial charge in [0.15, 0.2) is 5.82 Å². The summed E-state index contributed by atoms with van der Waals surface area (Å²) in [6, 6.07) is 7.65. The van der Waals surface area contributed by atoms with E-state index < -0.39 is 0 Å². The maximum absolute atomic E-state index is 5.86. The zero-order chi connectivity index (χ0) is 13.8. The minimum absolute atomic E-state index is 0. The number of benzene rings is 1. The van der Waals surface area contributed by atoms with E-state index in [1.165, 1.54) is 0 Å². The number of nitrogens with one attached hydrogen (secondary N) is 1. The lowest BCUT2D eigenvalue weighted by atomic mass is 10.1. The minimum Gasteiger partial charge on any atom is -0.375 e. The molecular weight excluding hydrogens is 313 g/mol. The van der Waals surface area contributed by atoms with Crippen molar-refractivity contribution in [1.29, 1.82) is 0 Å². The first-order valence-electron chi connectivity index (χ1n) is 6.68. The van der Waals surface area contributed by atoms with Crippen molar-refractivity contribution >= 4 is 24.0 Å². The molecule has 7 heteroatoms. The van der Waals surface area contributed by atoms with Crippen LogP contribution in [0.3, 0.4) is 0 Å². The van der Waals surface area contributed by atoms with Crippen molar-refractivity contribution in [3.63, 3.8) is 0 Å². The number of halogens is 2. The SMILES string of the molecule is Cl.Clc1ccc(Cc2noc(CC3CNCCO3)n2)cc1. The highest BCUT2D eigenvalue weighted by molar-refractivity contribution is 6.30. The Labute approximate surface area is 134 Å². The van der Waals surface area contributed by atoms with Crippen LogP contribution in [0.15, 0.2) is 28.8 Å². The lowest BCUT2D eigenvalue weighted by molar-refractivity contribution is 0.0246. The Bertz CT molecular complexity index is 554. The molecule has 0 amide bonds. The summed E-state index contributed by atoms with van der Waals surface area (Å²) >= 11 is 5.86. The number of ether oxygens (including phenoxy) is 1. The van der Waals surface area contributed by atoms with E-state index in [1.807, 2.05) is 24.3 Å². The lowest BCUT2D eigenvalue weighted by Gasteiger charge is -2.21. The predicted octanol–water partition coefficient (Wildman–Crippen LogP) is 2.27. The summed E-state index contributed by atoms with van der Waals surface area (Å²) in [4.78, 5) is 4.40. The van der Waals surface area contributed by atoms with Crippen LogP contribution in [0.1, 0.15) is 17.3 Å². The Balaban J connectivity index is 0.00000161. The van der Waals surface area contributed by atoms with Crippen LogP contribution in [0.2, 0.25) is 5.02 Å². The molecule has 2 aromatic rings. The molecule has 1 atom stereocenters. The summed E-state index contributed by atoms with van der Waals surface area (Å²) in [5.41, 5.74) is 1.11. The Kier molecular flexibility index (Phi) is 5.99. The first-order chi connectivity index (χ1) is 9.79. The van der Waals surface area contributed by atoms with Gasteiger partial charge in [0.2, 0.25) is 5.89 Å². The van der Waals surface area contributed by atoms with Crippen molar-refractivity contribution in [2.75, 3.05) is 19.7 Å². The fraction of sp³-hybridized carbons (Fsp3) is 0.429. The highest BCUT2D eigenvalue weighted by Crippen LogP contribution is 2.13. The number of hydrogen-bond acceptors (Lipinski definition) is 5. The normalized spacial score (nSPS) is 18.2. The van der Waals surface area contributed by atoms with E-state index in [0.29, 0.717) is 24.6 Å². The van der Waals surface area contributed by atoms with Gasteiger partial charge in [0.1, 0.15) is 0 Å². The van der Waals surface area contributed by atoms with Gasteiger partial charge in [-0.25, -0.2) is 0 Å². The van der Waals surface area contributed by atoms with Crippen LogP contribution < -0.4 is 5.32 Å². The average molecular weight is 330 g/mol. The maximum atomic E-state index is 5.86. The molecule has 5 nitrogen and oxygen atoms in total. The molecule has 0 spiro atoms. The third kappa shape index (κ3) is 4.68. The van der Waals surface area contributed by atoms with Gasteiger partial charge in [-0.05, 0) is 17.7 Å². The summed E-state index contributed by atoms with van der Waals surface area (Å²) in [7, 11) is 0. The third-order valence-electron chi connectivity index (χ3n) is 3.19. The molecule has 1 N–H and O–H groups in total. The van der Waals surface area contributed by atoms with Crippen molar-refractivity contribution in [3.05, 3.63) is 46.6 Å². The second-order valence-corrected chi connectivity index (χ2v) is 5.25. The van der Waals surface area contributed by atoms with Crippen LogP contribution in [0, 0.1) is 0 Å². The second kappa shape index (κ2) is 7.75.